The van der Waals surface area contributed by atoms with E-state index in [9.17, 15) is 17.6 Å². The average Bonchev–Trinajstić information content (AvgIpc) is 2.46. The normalized spacial score (nSPS) is 19.5. The SMILES string of the molecule is CCCC1=CC=C(c2ccc(CCC)cc2)C(F)(F)C1(F)F. The predicted octanol–water partition coefficient (Wildman–Crippen LogP) is 6.03. The van der Waals surface area contributed by atoms with Crippen LogP contribution in [0.4, 0.5) is 17.6 Å². The number of aryl methyl sites for hydroxylation is 1. The summed E-state index contributed by atoms with van der Waals surface area (Å²) in [6.45, 7) is 3.72. The van der Waals surface area contributed by atoms with Crippen molar-refractivity contribution in [1.29, 1.82) is 0 Å². The van der Waals surface area contributed by atoms with Gasteiger partial charge in [0.15, 0.2) is 0 Å². The smallest absolute Gasteiger partial charge is 0.194 e. The number of halogens is 4. The van der Waals surface area contributed by atoms with Crippen LogP contribution in [0, 0.1) is 0 Å². The zero-order valence-electron chi connectivity index (χ0n) is 12.8. The molecule has 0 unspecified atom stereocenters. The minimum absolute atomic E-state index is 0.0260. The van der Waals surface area contributed by atoms with E-state index in [4.69, 9.17) is 0 Å². The molecule has 0 bridgehead atoms. The number of alkyl halides is 4. The number of rotatable bonds is 5. The summed E-state index contributed by atoms with van der Waals surface area (Å²) >= 11 is 0. The molecule has 0 radical (unpaired) electrons. The minimum atomic E-state index is -4.18. The highest BCUT2D eigenvalue weighted by Crippen LogP contribution is 2.51. The number of benzene rings is 1. The fourth-order valence-corrected chi connectivity index (χ4v) is 2.69. The van der Waals surface area contributed by atoms with Crippen molar-refractivity contribution < 1.29 is 17.6 Å². The third-order valence-corrected chi connectivity index (χ3v) is 3.91. The Balaban J connectivity index is 2.41. The molecule has 0 heterocycles. The van der Waals surface area contributed by atoms with Gasteiger partial charge in [0.05, 0.1) is 0 Å². The third kappa shape index (κ3) is 2.83. The zero-order chi connectivity index (χ0) is 16.4. The summed E-state index contributed by atoms with van der Waals surface area (Å²) in [5, 5.41) is 0. The van der Waals surface area contributed by atoms with E-state index in [-0.39, 0.29) is 12.0 Å². The summed E-state index contributed by atoms with van der Waals surface area (Å²) in [5.41, 5.74) is 0.0584. The summed E-state index contributed by atoms with van der Waals surface area (Å²) in [5.74, 6) is -8.31. The van der Waals surface area contributed by atoms with E-state index < -0.39 is 23.0 Å². The van der Waals surface area contributed by atoms with Gasteiger partial charge in [-0.1, -0.05) is 63.1 Å². The van der Waals surface area contributed by atoms with Gasteiger partial charge in [0.25, 0.3) is 0 Å². The van der Waals surface area contributed by atoms with Crippen molar-refractivity contribution in [2.24, 2.45) is 0 Å². The van der Waals surface area contributed by atoms with E-state index in [1.165, 1.54) is 12.1 Å². The lowest BCUT2D eigenvalue weighted by Gasteiger charge is -2.33. The van der Waals surface area contributed by atoms with E-state index >= 15 is 0 Å². The van der Waals surface area contributed by atoms with Gasteiger partial charge in [0.2, 0.25) is 0 Å². The first kappa shape index (κ1) is 16.8. The molecule has 1 aromatic carbocycles. The van der Waals surface area contributed by atoms with Crippen LogP contribution in [0.25, 0.3) is 5.57 Å². The Morgan fingerprint density at radius 3 is 1.91 bits per heavy atom. The second-order valence-corrected chi connectivity index (χ2v) is 5.62. The summed E-state index contributed by atoms with van der Waals surface area (Å²) in [7, 11) is 0. The van der Waals surface area contributed by atoms with Crippen molar-refractivity contribution in [2.75, 3.05) is 0 Å². The quantitative estimate of drug-likeness (QED) is 0.582. The molecule has 120 valence electrons. The molecular formula is C18H20F4. The lowest BCUT2D eigenvalue weighted by atomic mass is 9.84. The van der Waals surface area contributed by atoms with Crippen LogP contribution in [0.15, 0.2) is 42.0 Å². The molecular weight excluding hydrogens is 292 g/mol. The molecule has 0 spiro atoms. The maximum absolute atomic E-state index is 14.3. The molecule has 0 saturated carbocycles. The Kier molecular flexibility index (Phi) is 4.78. The first-order valence-electron chi connectivity index (χ1n) is 7.61. The molecule has 4 heteroatoms. The van der Waals surface area contributed by atoms with E-state index in [0.717, 1.165) is 30.6 Å². The molecule has 0 fully saturated rings. The van der Waals surface area contributed by atoms with Gasteiger partial charge >= 0.3 is 11.8 Å². The third-order valence-electron chi connectivity index (χ3n) is 3.91. The van der Waals surface area contributed by atoms with E-state index in [0.29, 0.717) is 6.42 Å². The average molecular weight is 312 g/mol. The highest BCUT2D eigenvalue weighted by Gasteiger charge is 2.61. The molecule has 0 atom stereocenters. The molecule has 0 nitrogen and oxygen atoms in total. The van der Waals surface area contributed by atoms with Gasteiger partial charge in [-0.2, -0.15) is 17.6 Å². The van der Waals surface area contributed by atoms with Crippen LogP contribution in [-0.2, 0) is 6.42 Å². The molecule has 0 aromatic heterocycles. The van der Waals surface area contributed by atoms with Gasteiger partial charge < -0.3 is 0 Å². The van der Waals surface area contributed by atoms with Gasteiger partial charge in [-0.3, -0.25) is 0 Å². The summed E-state index contributed by atoms with van der Waals surface area (Å²) in [4.78, 5) is 0. The van der Waals surface area contributed by atoms with E-state index in [2.05, 4.69) is 0 Å². The maximum atomic E-state index is 14.3. The fourth-order valence-electron chi connectivity index (χ4n) is 2.69. The molecule has 1 aromatic rings. The van der Waals surface area contributed by atoms with E-state index in [1.807, 2.05) is 6.92 Å². The molecule has 1 aliphatic carbocycles. The topological polar surface area (TPSA) is 0 Å². The van der Waals surface area contributed by atoms with Crippen molar-refractivity contribution >= 4 is 5.57 Å². The standard InChI is InChI=1S/C18H20F4/c1-3-5-13-7-9-14(10-8-13)16-12-11-15(6-4-2)17(19,20)18(16,21)22/h7-12H,3-6H2,1-2H3. The van der Waals surface area contributed by atoms with Crippen LogP contribution in [0.3, 0.4) is 0 Å². The first-order chi connectivity index (χ1) is 10.3. The summed E-state index contributed by atoms with van der Waals surface area (Å²) in [6, 6.07) is 6.44. The van der Waals surface area contributed by atoms with Crippen LogP contribution < -0.4 is 0 Å². The van der Waals surface area contributed by atoms with Gasteiger partial charge in [-0.25, -0.2) is 0 Å². The maximum Gasteiger partial charge on any atom is 0.339 e. The molecule has 0 saturated heterocycles. The highest BCUT2D eigenvalue weighted by atomic mass is 19.3. The zero-order valence-corrected chi connectivity index (χ0v) is 12.8. The second-order valence-electron chi connectivity index (χ2n) is 5.62. The molecule has 0 aliphatic heterocycles. The molecule has 2 rings (SSSR count). The Hall–Kier alpha value is -1.58. The Morgan fingerprint density at radius 2 is 1.36 bits per heavy atom. The lowest BCUT2D eigenvalue weighted by Crippen LogP contribution is -2.44. The lowest BCUT2D eigenvalue weighted by molar-refractivity contribution is -0.149. The fraction of sp³-hybridized carbons (Fsp3) is 0.444. The predicted molar refractivity (Wildman–Crippen MR) is 81.3 cm³/mol. The van der Waals surface area contributed by atoms with Crippen molar-refractivity contribution in [2.45, 2.75) is 51.4 Å². The van der Waals surface area contributed by atoms with Crippen LogP contribution in [0.5, 0.6) is 0 Å². The molecule has 1 aliphatic rings. The van der Waals surface area contributed by atoms with Crippen molar-refractivity contribution in [3.63, 3.8) is 0 Å². The van der Waals surface area contributed by atoms with Crippen LogP contribution >= 0.6 is 0 Å². The Bertz CT molecular complexity index is 580. The molecule has 0 N–H and O–H groups in total. The monoisotopic (exact) mass is 312 g/mol. The number of allylic oxidation sites excluding steroid dienone is 4. The van der Waals surface area contributed by atoms with Gasteiger partial charge in [0, 0.05) is 11.1 Å². The van der Waals surface area contributed by atoms with Crippen LogP contribution in [0.1, 0.15) is 44.2 Å². The largest absolute Gasteiger partial charge is 0.339 e. The Labute approximate surface area is 128 Å². The van der Waals surface area contributed by atoms with Gasteiger partial charge in [-0.15, -0.1) is 0 Å². The van der Waals surface area contributed by atoms with Crippen LogP contribution in [0.2, 0.25) is 0 Å². The Morgan fingerprint density at radius 1 is 0.773 bits per heavy atom. The number of hydrogen-bond acceptors (Lipinski definition) is 0. The summed E-state index contributed by atoms with van der Waals surface area (Å²) < 4.78 is 56.8. The van der Waals surface area contributed by atoms with E-state index in [1.54, 1.807) is 19.1 Å². The second kappa shape index (κ2) is 6.27. The first-order valence-corrected chi connectivity index (χ1v) is 7.61. The highest BCUT2D eigenvalue weighted by molar-refractivity contribution is 5.76. The van der Waals surface area contributed by atoms with Gasteiger partial charge in [0.1, 0.15) is 0 Å². The van der Waals surface area contributed by atoms with Crippen LogP contribution in [-0.4, -0.2) is 11.8 Å². The van der Waals surface area contributed by atoms with Crippen molar-refractivity contribution in [3.8, 4) is 0 Å². The molecule has 0 amide bonds. The number of hydrogen-bond donors (Lipinski definition) is 0. The van der Waals surface area contributed by atoms with Crippen molar-refractivity contribution in [1.82, 2.24) is 0 Å². The molecule has 22 heavy (non-hydrogen) atoms. The minimum Gasteiger partial charge on any atom is -0.194 e. The van der Waals surface area contributed by atoms with Crippen molar-refractivity contribution in [3.05, 3.63) is 53.1 Å². The summed E-state index contributed by atoms with van der Waals surface area (Å²) in [6.07, 6.45) is 4.45. The van der Waals surface area contributed by atoms with Gasteiger partial charge in [-0.05, 0) is 24.0 Å².